The van der Waals surface area contributed by atoms with Gasteiger partial charge in [0.25, 0.3) is 0 Å². The highest BCUT2D eigenvalue weighted by Crippen LogP contribution is 2.27. The molecule has 1 rings (SSSR count). The van der Waals surface area contributed by atoms with Gasteiger partial charge in [-0.15, -0.1) is 0 Å². The van der Waals surface area contributed by atoms with Crippen molar-refractivity contribution < 1.29 is 5.11 Å². The molecule has 0 unspecified atom stereocenters. The second kappa shape index (κ2) is 6.19. The lowest BCUT2D eigenvalue weighted by atomic mass is 9.95. The van der Waals surface area contributed by atoms with Gasteiger partial charge in [-0.2, -0.15) is 0 Å². The van der Waals surface area contributed by atoms with Gasteiger partial charge in [0.1, 0.15) is 17.5 Å². The van der Waals surface area contributed by atoms with Crippen LogP contribution in [-0.2, 0) is 5.41 Å². The van der Waals surface area contributed by atoms with Crippen LogP contribution in [0.1, 0.15) is 45.5 Å². The SMILES string of the molecule is CCN(CCCO)c1nc(C(C)(C)C)nc(N)c1C. The molecule has 0 aromatic carbocycles. The average molecular weight is 266 g/mol. The van der Waals surface area contributed by atoms with Gasteiger partial charge in [0.2, 0.25) is 0 Å². The van der Waals surface area contributed by atoms with Crippen molar-refractivity contribution in [3.05, 3.63) is 11.4 Å². The number of aliphatic hydroxyl groups is 1. The molecule has 5 nitrogen and oxygen atoms in total. The smallest absolute Gasteiger partial charge is 0.138 e. The summed E-state index contributed by atoms with van der Waals surface area (Å²) in [5, 5.41) is 8.98. The molecule has 5 heteroatoms. The van der Waals surface area contributed by atoms with Crippen LogP contribution in [-0.4, -0.2) is 34.8 Å². The molecule has 0 aliphatic heterocycles. The number of aliphatic hydroxyl groups excluding tert-OH is 1. The summed E-state index contributed by atoms with van der Waals surface area (Å²) >= 11 is 0. The molecule has 0 aliphatic rings. The molecule has 108 valence electrons. The second-order valence-electron chi connectivity index (χ2n) is 5.79. The first-order valence-electron chi connectivity index (χ1n) is 6.81. The molecule has 0 saturated carbocycles. The maximum Gasteiger partial charge on any atom is 0.138 e. The predicted octanol–water partition coefficient (Wildman–Crippen LogP) is 1.87. The van der Waals surface area contributed by atoms with E-state index in [0.29, 0.717) is 5.82 Å². The Balaban J connectivity index is 3.20. The second-order valence-corrected chi connectivity index (χ2v) is 5.79. The van der Waals surface area contributed by atoms with Crippen molar-refractivity contribution in [1.82, 2.24) is 9.97 Å². The molecule has 0 atom stereocenters. The van der Waals surface area contributed by atoms with E-state index in [1.165, 1.54) is 0 Å². The van der Waals surface area contributed by atoms with E-state index in [2.05, 4.69) is 42.6 Å². The Bertz CT molecular complexity index is 426. The lowest BCUT2D eigenvalue weighted by Crippen LogP contribution is -2.29. The van der Waals surface area contributed by atoms with Gasteiger partial charge in [-0.1, -0.05) is 20.8 Å². The van der Waals surface area contributed by atoms with E-state index in [1.54, 1.807) is 0 Å². The van der Waals surface area contributed by atoms with E-state index in [9.17, 15) is 0 Å². The molecule has 0 saturated heterocycles. The van der Waals surface area contributed by atoms with Crippen LogP contribution < -0.4 is 10.6 Å². The van der Waals surface area contributed by atoms with Gasteiger partial charge in [-0.25, -0.2) is 9.97 Å². The third-order valence-corrected chi connectivity index (χ3v) is 3.10. The number of rotatable bonds is 5. The van der Waals surface area contributed by atoms with Crippen LogP contribution in [0.25, 0.3) is 0 Å². The summed E-state index contributed by atoms with van der Waals surface area (Å²) in [6, 6.07) is 0. The first-order chi connectivity index (χ1) is 8.81. The van der Waals surface area contributed by atoms with Gasteiger partial charge in [0.05, 0.1) is 0 Å². The third kappa shape index (κ3) is 3.80. The minimum absolute atomic E-state index is 0.132. The molecule has 0 fully saturated rings. The molecule has 0 bridgehead atoms. The number of hydrogen-bond donors (Lipinski definition) is 2. The molecular formula is C14H26N4O. The maximum absolute atomic E-state index is 8.98. The highest BCUT2D eigenvalue weighted by atomic mass is 16.3. The highest BCUT2D eigenvalue weighted by Gasteiger charge is 2.22. The van der Waals surface area contributed by atoms with Crippen LogP contribution in [0, 0.1) is 6.92 Å². The van der Waals surface area contributed by atoms with E-state index in [0.717, 1.165) is 36.7 Å². The van der Waals surface area contributed by atoms with Gasteiger partial charge < -0.3 is 15.7 Å². The number of nitrogens with two attached hydrogens (primary N) is 1. The number of hydrogen-bond acceptors (Lipinski definition) is 5. The van der Waals surface area contributed by atoms with E-state index < -0.39 is 0 Å². The minimum Gasteiger partial charge on any atom is -0.396 e. The number of aromatic nitrogens is 2. The molecule has 1 aromatic rings. The average Bonchev–Trinajstić information content (AvgIpc) is 2.33. The molecule has 19 heavy (non-hydrogen) atoms. The normalized spacial score (nSPS) is 11.7. The van der Waals surface area contributed by atoms with Gasteiger partial charge in [-0.05, 0) is 20.3 Å². The van der Waals surface area contributed by atoms with E-state index in [4.69, 9.17) is 10.8 Å². The summed E-state index contributed by atoms with van der Waals surface area (Å²) in [6.07, 6.45) is 0.724. The van der Waals surface area contributed by atoms with Crippen molar-refractivity contribution in [2.24, 2.45) is 0 Å². The number of nitrogen functional groups attached to an aromatic ring is 1. The molecule has 1 heterocycles. The van der Waals surface area contributed by atoms with Gasteiger partial charge in [-0.3, -0.25) is 0 Å². The van der Waals surface area contributed by atoms with Crippen LogP contribution >= 0.6 is 0 Å². The summed E-state index contributed by atoms with van der Waals surface area (Å²) in [7, 11) is 0. The molecule has 0 amide bonds. The van der Waals surface area contributed by atoms with E-state index in [-0.39, 0.29) is 12.0 Å². The monoisotopic (exact) mass is 266 g/mol. The van der Waals surface area contributed by atoms with Crippen molar-refractivity contribution >= 4 is 11.6 Å². The van der Waals surface area contributed by atoms with Gasteiger partial charge >= 0.3 is 0 Å². The van der Waals surface area contributed by atoms with E-state index >= 15 is 0 Å². The fraction of sp³-hybridized carbons (Fsp3) is 0.714. The van der Waals surface area contributed by atoms with Crippen LogP contribution in [0.4, 0.5) is 11.6 Å². The topological polar surface area (TPSA) is 75.3 Å². The van der Waals surface area contributed by atoms with Crippen LogP contribution in [0.5, 0.6) is 0 Å². The summed E-state index contributed by atoms with van der Waals surface area (Å²) < 4.78 is 0. The maximum atomic E-state index is 8.98. The Morgan fingerprint density at radius 1 is 1.26 bits per heavy atom. The largest absolute Gasteiger partial charge is 0.396 e. The summed E-state index contributed by atoms with van der Waals surface area (Å²) in [4.78, 5) is 11.2. The quantitative estimate of drug-likeness (QED) is 0.851. The van der Waals surface area contributed by atoms with Crippen LogP contribution in [0.2, 0.25) is 0 Å². The molecule has 3 N–H and O–H groups in total. The minimum atomic E-state index is -0.132. The molecule has 0 aliphatic carbocycles. The Labute approximate surface area is 115 Å². The third-order valence-electron chi connectivity index (χ3n) is 3.10. The Hall–Kier alpha value is -1.36. The first-order valence-corrected chi connectivity index (χ1v) is 6.81. The summed E-state index contributed by atoms with van der Waals surface area (Å²) in [5.74, 6) is 2.18. The van der Waals surface area contributed by atoms with Crippen molar-refractivity contribution in [2.75, 3.05) is 30.3 Å². The fourth-order valence-corrected chi connectivity index (χ4v) is 1.84. The summed E-state index contributed by atoms with van der Waals surface area (Å²) in [5.41, 5.74) is 6.79. The van der Waals surface area contributed by atoms with Crippen molar-refractivity contribution in [2.45, 2.75) is 46.5 Å². The van der Waals surface area contributed by atoms with Crippen molar-refractivity contribution in [3.63, 3.8) is 0 Å². The zero-order valence-electron chi connectivity index (χ0n) is 12.7. The molecule has 0 spiro atoms. The Morgan fingerprint density at radius 3 is 2.37 bits per heavy atom. The number of nitrogens with zero attached hydrogens (tertiary/aromatic N) is 3. The van der Waals surface area contributed by atoms with Gasteiger partial charge in [0, 0.05) is 30.7 Å². The molecule has 0 radical (unpaired) electrons. The van der Waals surface area contributed by atoms with Crippen LogP contribution in [0.15, 0.2) is 0 Å². The van der Waals surface area contributed by atoms with Gasteiger partial charge in [0.15, 0.2) is 0 Å². The summed E-state index contributed by atoms with van der Waals surface area (Å²) in [6.45, 7) is 12.0. The highest BCUT2D eigenvalue weighted by molar-refractivity contribution is 5.56. The lowest BCUT2D eigenvalue weighted by Gasteiger charge is -2.26. The first kappa shape index (κ1) is 15.7. The van der Waals surface area contributed by atoms with Crippen molar-refractivity contribution in [3.8, 4) is 0 Å². The zero-order valence-corrected chi connectivity index (χ0v) is 12.7. The Kier molecular flexibility index (Phi) is 5.11. The number of anilines is 2. The van der Waals surface area contributed by atoms with Crippen molar-refractivity contribution in [1.29, 1.82) is 0 Å². The standard InChI is InChI=1S/C14H26N4O/c1-6-18(8-7-9-19)12-10(2)11(15)16-13(17-12)14(3,4)5/h19H,6-9H2,1-5H3,(H2,15,16,17). The molecule has 1 aromatic heterocycles. The zero-order chi connectivity index (χ0) is 14.6. The molecular weight excluding hydrogens is 240 g/mol. The lowest BCUT2D eigenvalue weighted by molar-refractivity contribution is 0.289. The predicted molar refractivity (Wildman–Crippen MR) is 79.5 cm³/mol. The fourth-order valence-electron chi connectivity index (χ4n) is 1.84. The Morgan fingerprint density at radius 2 is 1.89 bits per heavy atom. The van der Waals surface area contributed by atoms with Crippen LogP contribution in [0.3, 0.4) is 0 Å². The van der Waals surface area contributed by atoms with E-state index in [1.807, 2.05) is 6.92 Å².